The van der Waals surface area contributed by atoms with E-state index in [9.17, 15) is 4.79 Å². The molecule has 9 heteroatoms. The number of benzene rings is 1. The third-order valence-corrected chi connectivity index (χ3v) is 7.06. The van der Waals surface area contributed by atoms with Gasteiger partial charge in [0.15, 0.2) is 23.1 Å². The van der Waals surface area contributed by atoms with E-state index < -0.39 is 0 Å². The summed E-state index contributed by atoms with van der Waals surface area (Å²) >= 11 is 0. The number of fused-ring (bicyclic) bond motifs is 1. The van der Waals surface area contributed by atoms with Crippen molar-refractivity contribution in [1.29, 1.82) is 0 Å². The van der Waals surface area contributed by atoms with Gasteiger partial charge in [0.2, 0.25) is 5.91 Å². The average molecular weight is 477 g/mol. The fourth-order valence-corrected chi connectivity index (χ4v) is 5.15. The van der Waals surface area contributed by atoms with Crippen molar-refractivity contribution in [3.8, 4) is 17.3 Å². The minimum absolute atomic E-state index is 0.0369. The molecule has 0 spiro atoms. The molecule has 0 N–H and O–H groups in total. The van der Waals surface area contributed by atoms with E-state index >= 15 is 0 Å². The number of carbonyl (C=O) groups excluding carboxylic acids is 1. The molecule has 9 nitrogen and oxygen atoms in total. The van der Waals surface area contributed by atoms with Crippen LogP contribution < -0.4 is 14.4 Å². The van der Waals surface area contributed by atoms with Crippen LogP contribution in [0.2, 0.25) is 0 Å². The van der Waals surface area contributed by atoms with Gasteiger partial charge in [0.05, 0.1) is 19.9 Å². The Bertz CT molecular complexity index is 1210. The molecule has 3 aromatic rings. The summed E-state index contributed by atoms with van der Waals surface area (Å²) in [7, 11) is 3.29. The number of nitrogens with zero attached hydrogens (tertiary/aromatic N) is 6. The number of anilines is 1. The minimum Gasteiger partial charge on any atom is -0.493 e. The average Bonchev–Trinajstić information content (AvgIpc) is 3.24. The quantitative estimate of drug-likeness (QED) is 0.559. The first-order chi connectivity index (χ1) is 17.0. The van der Waals surface area contributed by atoms with E-state index in [0.29, 0.717) is 18.1 Å². The summed E-state index contributed by atoms with van der Waals surface area (Å²) in [4.78, 5) is 17.5. The Morgan fingerprint density at radius 3 is 2.17 bits per heavy atom. The van der Waals surface area contributed by atoms with Crippen molar-refractivity contribution in [3.05, 3.63) is 52.8 Å². The summed E-state index contributed by atoms with van der Waals surface area (Å²) in [6, 6.07) is 10.0. The largest absolute Gasteiger partial charge is 0.493 e. The van der Waals surface area contributed by atoms with Gasteiger partial charge in [-0.3, -0.25) is 4.79 Å². The van der Waals surface area contributed by atoms with Gasteiger partial charge in [-0.15, -0.1) is 10.2 Å². The summed E-state index contributed by atoms with van der Waals surface area (Å²) in [5.41, 5.74) is 4.35. The summed E-state index contributed by atoms with van der Waals surface area (Å²) in [6.45, 7) is 6.91. The first-order valence-corrected chi connectivity index (χ1v) is 12.1. The predicted molar refractivity (Wildman–Crippen MR) is 132 cm³/mol. The molecule has 184 valence electrons. The number of carbonyl (C=O) groups is 1. The van der Waals surface area contributed by atoms with E-state index in [1.165, 1.54) is 5.56 Å². The predicted octanol–water partition coefficient (Wildman–Crippen LogP) is 3.10. The fraction of sp³-hybridized carbons (Fsp3) is 0.462. The van der Waals surface area contributed by atoms with Crippen LogP contribution in [0.4, 0.5) is 5.82 Å². The fourth-order valence-electron chi connectivity index (χ4n) is 5.15. The molecule has 1 fully saturated rings. The third kappa shape index (κ3) is 4.54. The maximum absolute atomic E-state index is 13.3. The van der Waals surface area contributed by atoms with Crippen LogP contribution >= 0.6 is 0 Å². The number of amides is 1. The van der Waals surface area contributed by atoms with Gasteiger partial charge in [-0.2, -0.15) is 5.10 Å². The summed E-state index contributed by atoms with van der Waals surface area (Å²) in [5.74, 6) is 3.28. The van der Waals surface area contributed by atoms with Crippen molar-refractivity contribution in [2.45, 2.75) is 39.7 Å². The Morgan fingerprint density at radius 2 is 1.57 bits per heavy atom. The number of methoxy groups -OCH3 is 2. The monoisotopic (exact) mass is 476 g/mol. The molecule has 2 aliphatic rings. The molecule has 1 aromatic carbocycles. The molecule has 0 bridgehead atoms. The second-order valence-corrected chi connectivity index (χ2v) is 9.34. The van der Waals surface area contributed by atoms with Crippen molar-refractivity contribution in [2.75, 3.05) is 38.8 Å². The molecule has 2 aromatic heterocycles. The molecule has 5 rings (SSSR count). The van der Waals surface area contributed by atoms with E-state index in [1.807, 2.05) is 49.1 Å². The van der Waals surface area contributed by atoms with Crippen LogP contribution in [0.5, 0.6) is 11.5 Å². The lowest BCUT2D eigenvalue weighted by molar-refractivity contribution is -0.137. The molecule has 0 saturated carbocycles. The Hall–Kier alpha value is -3.62. The Kier molecular flexibility index (Phi) is 6.32. The number of ether oxygens (including phenoxy) is 2. The molecule has 0 atom stereocenters. The maximum atomic E-state index is 13.3. The number of piperidine rings is 1. The molecular weight excluding hydrogens is 444 g/mol. The number of rotatable bonds is 5. The molecule has 0 unspecified atom stereocenters. The second-order valence-electron chi connectivity index (χ2n) is 9.34. The topological polar surface area (TPSA) is 85.6 Å². The minimum atomic E-state index is 0.0369. The highest BCUT2D eigenvalue weighted by Gasteiger charge is 2.31. The van der Waals surface area contributed by atoms with Crippen molar-refractivity contribution >= 4 is 11.7 Å². The Labute approximate surface area is 205 Å². The smallest absolute Gasteiger partial charge is 0.226 e. The molecule has 35 heavy (non-hydrogen) atoms. The van der Waals surface area contributed by atoms with Gasteiger partial charge in [0.25, 0.3) is 0 Å². The zero-order valence-electron chi connectivity index (χ0n) is 20.8. The van der Waals surface area contributed by atoms with Gasteiger partial charge in [-0.1, -0.05) is 0 Å². The molecule has 4 heterocycles. The summed E-state index contributed by atoms with van der Waals surface area (Å²) in [5, 5.41) is 13.3. The van der Waals surface area contributed by atoms with E-state index in [2.05, 4.69) is 20.2 Å². The van der Waals surface area contributed by atoms with Crippen LogP contribution in [0.15, 0.2) is 30.3 Å². The van der Waals surface area contributed by atoms with E-state index in [1.54, 1.807) is 18.9 Å². The summed E-state index contributed by atoms with van der Waals surface area (Å²) in [6.07, 6.45) is 2.46. The van der Waals surface area contributed by atoms with Crippen molar-refractivity contribution in [2.24, 2.45) is 5.92 Å². The van der Waals surface area contributed by atoms with E-state index in [0.717, 1.165) is 67.4 Å². The lowest BCUT2D eigenvalue weighted by Gasteiger charge is -2.36. The molecule has 0 radical (unpaired) electrons. The van der Waals surface area contributed by atoms with Crippen LogP contribution in [-0.2, 0) is 17.8 Å². The van der Waals surface area contributed by atoms with Crippen molar-refractivity contribution in [3.63, 3.8) is 0 Å². The standard InChI is InChI=1S/C26H32N6O3/c1-17-13-18(2)32(29-17)25-6-5-24(27-28-25)30-10-7-19(8-11-30)26(33)31-12-9-20-14-22(34-3)23(35-4)15-21(20)16-31/h5-6,13-15,19H,7-12,16H2,1-4H3. The summed E-state index contributed by atoms with van der Waals surface area (Å²) < 4.78 is 12.7. The highest BCUT2D eigenvalue weighted by atomic mass is 16.5. The number of aromatic nitrogens is 4. The lowest BCUT2D eigenvalue weighted by atomic mass is 9.92. The van der Waals surface area contributed by atoms with Gasteiger partial charge < -0.3 is 19.3 Å². The van der Waals surface area contributed by atoms with E-state index in [4.69, 9.17) is 9.47 Å². The van der Waals surface area contributed by atoms with Crippen LogP contribution in [0.25, 0.3) is 5.82 Å². The van der Waals surface area contributed by atoms with Crippen molar-refractivity contribution in [1.82, 2.24) is 24.9 Å². The number of aryl methyl sites for hydroxylation is 2. The first kappa shape index (κ1) is 23.1. The Balaban J connectivity index is 1.20. The zero-order valence-corrected chi connectivity index (χ0v) is 20.8. The van der Waals surface area contributed by atoms with Gasteiger partial charge >= 0.3 is 0 Å². The molecular formula is C26H32N6O3. The zero-order chi connectivity index (χ0) is 24.5. The molecule has 1 amide bonds. The molecule has 1 saturated heterocycles. The van der Waals surface area contributed by atoms with Gasteiger partial charge in [0.1, 0.15) is 0 Å². The van der Waals surface area contributed by atoms with Crippen molar-refractivity contribution < 1.29 is 14.3 Å². The SMILES string of the molecule is COc1cc2c(cc1OC)CN(C(=O)C1CCN(c3ccc(-n4nc(C)cc4C)nn3)CC1)CC2. The number of hydrogen-bond donors (Lipinski definition) is 0. The molecule has 0 aliphatic carbocycles. The first-order valence-electron chi connectivity index (χ1n) is 12.1. The highest BCUT2D eigenvalue weighted by Crippen LogP contribution is 2.34. The van der Waals surface area contributed by atoms with Gasteiger partial charge in [-0.05, 0) is 74.6 Å². The van der Waals surface area contributed by atoms with Gasteiger partial charge in [-0.25, -0.2) is 4.68 Å². The van der Waals surface area contributed by atoms with Crippen LogP contribution in [-0.4, -0.2) is 64.6 Å². The lowest BCUT2D eigenvalue weighted by Crippen LogP contribution is -2.44. The molecule has 2 aliphatic heterocycles. The number of hydrogen-bond acceptors (Lipinski definition) is 7. The van der Waals surface area contributed by atoms with Crippen LogP contribution in [0.1, 0.15) is 35.4 Å². The van der Waals surface area contributed by atoms with E-state index in [-0.39, 0.29) is 11.8 Å². The Morgan fingerprint density at radius 1 is 0.914 bits per heavy atom. The second kappa shape index (κ2) is 9.56. The van der Waals surface area contributed by atoms with Gasteiger partial charge in [0, 0.05) is 37.8 Å². The maximum Gasteiger partial charge on any atom is 0.226 e. The normalized spacial score (nSPS) is 16.2. The van der Waals surface area contributed by atoms with Crippen LogP contribution in [0.3, 0.4) is 0 Å². The highest BCUT2D eigenvalue weighted by molar-refractivity contribution is 5.79. The van der Waals surface area contributed by atoms with Crippen LogP contribution in [0, 0.1) is 19.8 Å². The third-order valence-electron chi connectivity index (χ3n) is 7.06.